The minimum atomic E-state index is -0.269. The topological polar surface area (TPSA) is 83.3 Å². The lowest BCUT2D eigenvalue weighted by molar-refractivity contribution is -0.121. The van der Waals surface area contributed by atoms with Crippen molar-refractivity contribution >= 4 is 5.91 Å². The largest absolute Gasteiger partial charge is 0.355 e. The molecule has 2 heterocycles. The number of piperazine rings is 1. The van der Waals surface area contributed by atoms with Crippen molar-refractivity contribution in [1.82, 2.24) is 25.7 Å². The Morgan fingerprint density at radius 2 is 2.19 bits per heavy atom. The number of carbonyl (C=O) groups excluding carboxylic acids is 1. The number of nitrogens with zero attached hydrogens (tertiary/aromatic N) is 3. The first kappa shape index (κ1) is 18.5. The lowest BCUT2D eigenvalue weighted by Gasteiger charge is -2.27. The van der Waals surface area contributed by atoms with Gasteiger partial charge >= 0.3 is 0 Å². The van der Waals surface area contributed by atoms with Crippen LogP contribution in [0.3, 0.4) is 0 Å². The van der Waals surface area contributed by atoms with Gasteiger partial charge in [-0.2, -0.15) is 4.98 Å². The van der Waals surface area contributed by atoms with Gasteiger partial charge in [0.2, 0.25) is 17.6 Å². The minimum absolute atomic E-state index is 0.0301. The zero-order chi connectivity index (χ0) is 18.4. The molecule has 1 saturated heterocycles. The Kier molecular flexibility index (Phi) is 6.30. The molecule has 26 heavy (non-hydrogen) atoms. The fraction of sp³-hybridized carbons (Fsp3) is 0.500. The van der Waals surface area contributed by atoms with Crippen molar-refractivity contribution in [3.05, 3.63) is 35.5 Å². The van der Waals surface area contributed by atoms with E-state index in [1.807, 2.05) is 0 Å². The average molecular weight is 361 g/mol. The number of hydrogen-bond donors (Lipinski definition) is 2. The van der Waals surface area contributed by atoms with E-state index in [1.54, 1.807) is 19.1 Å². The van der Waals surface area contributed by atoms with E-state index in [1.165, 1.54) is 6.07 Å². The van der Waals surface area contributed by atoms with Crippen LogP contribution in [0.5, 0.6) is 0 Å². The van der Waals surface area contributed by atoms with Crippen LogP contribution in [0.1, 0.15) is 17.9 Å². The second-order valence-electron chi connectivity index (χ2n) is 6.42. The Morgan fingerprint density at radius 3 is 2.96 bits per heavy atom. The third-order valence-corrected chi connectivity index (χ3v) is 4.41. The highest BCUT2D eigenvalue weighted by molar-refractivity contribution is 5.76. The van der Waals surface area contributed by atoms with E-state index in [4.69, 9.17) is 4.52 Å². The molecule has 0 saturated carbocycles. The second-order valence-corrected chi connectivity index (χ2v) is 6.42. The molecule has 2 aromatic rings. The standard InChI is InChI=1S/C18H24FN5O2/c1-13-12-14(2-3-15(13)19)18-22-17(26-23-18)5-4-16(25)21-8-11-24-9-6-20-7-10-24/h2-3,12,20H,4-11H2,1H3,(H,21,25). The average Bonchev–Trinajstić information content (AvgIpc) is 3.12. The molecule has 0 spiro atoms. The molecule has 0 aliphatic carbocycles. The third kappa shape index (κ3) is 5.09. The molecule has 0 bridgehead atoms. The number of hydrogen-bond acceptors (Lipinski definition) is 6. The molecule has 8 heteroatoms. The van der Waals surface area contributed by atoms with Gasteiger partial charge in [-0.15, -0.1) is 0 Å². The van der Waals surface area contributed by atoms with E-state index in [0.717, 1.165) is 32.7 Å². The molecule has 7 nitrogen and oxygen atoms in total. The summed E-state index contributed by atoms with van der Waals surface area (Å²) in [6.07, 6.45) is 0.679. The Balaban J connectivity index is 1.42. The van der Waals surface area contributed by atoms with E-state index in [9.17, 15) is 9.18 Å². The summed E-state index contributed by atoms with van der Waals surface area (Å²) in [5.41, 5.74) is 1.22. The molecule has 0 atom stereocenters. The van der Waals surface area contributed by atoms with Gasteiger partial charge in [0.1, 0.15) is 5.82 Å². The van der Waals surface area contributed by atoms with Crippen molar-refractivity contribution in [2.45, 2.75) is 19.8 Å². The maximum Gasteiger partial charge on any atom is 0.227 e. The molecular weight excluding hydrogens is 337 g/mol. The smallest absolute Gasteiger partial charge is 0.227 e. The summed E-state index contributed by atoms with van der Waals surface area (Å²) in [6.45, 7) is 7.23. The maximum absolute atomic E-state index is 13.3. The van der Waals surface area contributed by atoms with Gasteiger partial charge in [-0.25, -0.2) is 4.39 Å². The first-order chi connectivity index (χ1) is 12.6. The lowest BCUT2D eigenvalue weighted by atomic mass is 10.1. The van der Waals surface area contributed by atoms with Crippen molar-refractivity contribution < 1.29 is 13.7 Å². The Labute approximate surface area is 152 Å². The number of aromatic nitrogens is 2. The van der Waals surface area contributed by atoms with Crippen molar-refractivity contribution in [2.75, 3.05) is 39.3 Å². The molecule has 2 N–H and O–H groups in total. The predicted molar refractivity (Wildman–Crippen MR) is 95.1 cm³/mol. The van der Waals surface area contributed by atoms with Crippen LogP contribution in [0.15, 0.2) is 22.7 Å². The van der Waals surface area contributed by atoms with E-state index < -0.39 is 0 Å². The normalized spacial score (nSPS) is 15.2. The number of rotatable bonds is 7. The first-order valence-corrected chi connectivity index (χ1v) is 8.91. The van der Waals surface area contributed by atoms with Gasteiger partial charge in [0.25, 0.3) is 0 Å². The molecule has 140 valence electrons. The Bertz CT molecular complexity index is 743. The van der Waals surface area contributed by atoms with Crippen LogP contribution < -0.4 is 10.6 Å². The second kappa shape index (κ2) is 8.86. The van der Waals surface area contributed by atoms with Crippen LogP contribution >= 0.6 is 0 Å². The van der Waals surface area contributed by atoms with Crippen LogP contribution in [0.25, 0.3) is 11.4 Å². The number of aryl methyl sites for hydroxylation is 2. The maximum atomic E-state index is 13.3. The van der Waals surface area contributed by atoms with Crippen molar-refractivity contribution in [1.29, 1.82) is 0 Å². The summed E-state index contributed by atoms with van der Waals surface area (Å²) in [4.78, 5) is 18.6. The lowest BCUT2D eigenvalue weighted by Crippen LogP contribution is -2.46. The predicted octanol–water partition coefficient (Wildman–Crippen LogP) is 1.14. The van der Waals surface area contributed by atoms with Gasteiger partial charge in [0, 0.05) is 57.7 Å². The Hall–Kier alpha value is -2.32. The fourth-order valence-corrected chi connectivity index (χ4v) is 2.85. The molecule has 1 fully saturated rings. The van der Waals surface area contributed by atoms with Gasteiger partial charge in [-0.05, 0) is 30.7 Å². The van der Waals surface area contributed by atoms with Crippen molar-refractivity contribution in [3.8, 4) is 11.4 Å². The first-order valence-electron chi connectivity index (χ1n) is 8.91. The SMILES string of the molecule is Cc1cc(-c2noc(CCC(=O)NCCN3CCNCC3)n2)ccc1F. The van der Waals surface area contributed by atoms with Crippen molar-refractivity contribution in [3.63, 3.8) is 0 Å². The van der Waals surface area contributed by atoms with E-state index in [2.05, 4.69) is 25.7 Å². The molecule has 0 radical (unpaired) electrons. The fourth-order valence-electron chi connectivity index (χ4n) is 2.85. The summed E-state index contributed by atoms with van der Waals surface area (Å²) < 4.78 is 18.5. The van der Waals surface area contributed by atoms with Crippen LogP contribution in [0, 0.1) is 12.7 Å². The van der Waals surface area contributed by atoms with Gasteiger partial charge in [-0.1, -0.05) is 5.16 Å². The highest BCUT2D eigenvalue weighted by atomic mass is 19.1. The molecule has 1 aromatic heterocycles. The zero-order valence-electron chi connectivity index (χ0n) is 14.9. The third-order valence-electron chi connectivity index (χ3n) is 4.41. The molecule has 1 aliphatic rings. The highest BCUT2D eigenvalue weighted by Gasteiger charge is 2.13. The van der Waals surface area contributed by atoms with E-state index in [-0.39, 0.29) is 11.7 Å². The molecule has 1 aromatic carbocycles. The summed E-state index contributed by atoms with van der Waals surface area (Å²) >= 11 is 0. The minimum Gasteiger partial charge on any atom is -0.355 e. The highest BCUT2D eigenvalue weighted by Crippen LogP contribution is 2.19. The van der Waals surface area contributed by atoms with Gasteiger partial charge in [0.05, 0.1) is 0 Å². The number of carbonyl (C=O) groups is 1. The summed E-state index contributed by atoms with van der Waals surface area (Å²) in [7, 11) is 0. The molecule has 3 rings (SSSR count). The number of halogens is 1. The quantitative estimate of drug-likeness (QED) is 0.769. The number of amides is 1. The number of nitrogens with one attached hydrogen (secondary N) is 2. The van der Waals surface area contributed by atoms with Crippen molar-refractivity contribution in [2.24, 2.45) is 0 Å². The summed E-state index contributed by atoms with van der Waals surface area (Å²) in [5, 5.41) is 10.1. The molecule has 0 unspecified atom stereocenters. The van der Waals surface area contributed by atoms with E-state index >= 15 is 0 Å². The van der Waals surface area contributed by atoms with Gasteiger partial charge in [0.15, 0.2) is 0 Å². The van der Waals surface area contributed by atoms with Crippen LogP contribution in [0.2, 0.25) is 0 Å². The van der Waals surface area contributed by atoms with Crippen LogP contribution in [-0.4, -0.2) is 60.2 Å². The van der Waals surface area contributed by atoms with Crippen LogP contribution in [0.4, 0.5) is 4.39 Å². The van der Waals surface area contributed by atoms with Gasteiger partial charge in [-0.3, -0.25) is 9.69 Å². The monoisotopic (exact) mass is 361 g/mol. The Morgan fingerprint density at radius 1 is 1.38 bits per heavy atom. The summed E-state index contributed by atoms with van der Waals surface area (Å²) in [5.74, 6) is 0.508. The van der Waals surface area contributed by atoms with E-state index in [0.29, 0.717) is 42.2 Å². The molecular formula is C18H24FN5O2. The molecule has 1 amide bonds. The summed E-state index contributed by atoms with van der Waals surface area (Å²) in [6, 6.07) is 4.67. The number of benzene rings is 1. The molecule has 1 aliphatic heterocycles. The van der Waals surface area contributed by atoms with Gasteiger partial charge < -0.3 is 15.2 Å². The zero-order valence-corrected chi connectivity index (χ0v) is 14.9. The van der Waals surface area contributed by atoms with Crippen LogP contribution in [-0.2, 0) is 11.2 Å².